The molecule has 98 valence electrons. The van der Waals surface area contributed by atoms with Crippen LogP contribution in [-0.4, -0.2) is 13.1 Å². The minimum atomic E-state index is -0.387. The van der Waals surface area contributed by atoms with Crippen molar-refractivity contribution in [3.8, 4) is 5.75 Å². The van der Waals surface area contributed by atoms with Crippen LogP contribution >= 0.6 is 22.6 Å². The van der Waals surface area contributed by atoms with Gasteiger partial charge in [-0.05, 0) is 46.4 Å². The quantitative estimate of drug-likeness (QED) is 0.611. The van der Waals surface area contributed by atoms with Crippen LogP contribution in [0, 0.1) is 3.57 Å². The van der Waals surface area contributed by atoms with Crippen molar-refractivity contribution in [2.45, 2.75) is 6.61 Å². The lowest BCUT2D eigenvalue weighted by Gasteiger charge is -2.10. The minimum absolute atomic E-state index is 0.387. The van der Waals surface area contributed by atoms with Crippen molar-refractivity contribution >= 4 is 28.6 Å². The Morgan fingerprint density at radius 2 is 1.89 bits per heavy atom. The van der Waals surface area contributed by atoms with Gasteiger partial charge in [-0.25, -0.2) is 4.79 Å². The monoisotopic (exact) mass is 368 g/mol. The van der Waals surface area contributed by atoms with Crippen LogP contribution in [0.5, 0.6) is 5.75 Å². The van der Waals surface area contributed by atoms with E-state index >= 15 is 0 Å². The van der Waals surface area contributed by atoms with Crippen molar-refractivity contribution < 1.29 is 14.3 Å². The van der Waals surface area contributed by atoms with Crippen LogP contribution in [0.2, 0.25) is 0 Å². The van der Waals surface area contributed by atoms with Gasteiger partial charge in [-0.1, -0.05) is 30.3 Å². The number of ether oxygens (including phenoxy) is 2. The first-order chi connectivity index (χ1) is 9.20. The molecule has 0 unspecified atom stereocenters. The van der Waals surface area contributed by atoms with Gasteiger partial charge in [-0.15, -0.1) is 0 Å². The molecule has 2 aromatic rings. The largest absolute Gasteiger partial charge is 0.488 e. The molecule has 0 aliphatic carbocycles. The van der Waals surface area contributed by atoms with Crippen molar-refractivity contribution in [1.29, 1.82) is 0 Å². The minimum Gasteiger partial charge on any atom is -0.488 e. The molecule has 19 heavy (non-hydrogen) atoms. The van der Waals surface area contributed by atoms with E-state index in [2.05, 4.69) is 22.6 Å². The van der Waals surface area contributed by atoms with E-state index in [1.165, 1.54) is 7.11 Å². The van der Waals surface area contributed by atoms with Crippen molar-refractivity contribution in [3.63, 3.8) is 0 Å². The molecular formula is C15H13IO3. The average Bonchev–Trinajstić information content (AvgIpc) is 2.46. The van der Waals surface area contributed by atoms with Gasteiger partial charge in [0, 0.05) is 3.57 Å². The first-order valence-corrected chi connectivity index (χ1v) is 6.83. The highest BCUT2D eigenvalue weighted by atomic mass is 127. The standard InChI is InChI=1S/C15H13IO3/c1-18-15(17)13-9-12(16)7-8-14(13)19-10-11-5-3-2-4-6-11/h2-9H,10H2,1H3. The SMILES string of the molecule is COC(=O)c1cc(I)ccc1OCc1ccccc1. The number of carbonyl (C=O) groups excluding carboxylic acids is 1. The van der Waals surface area contributed by atoms with Crippen LogP contribution in [-0.2, 0) is 11.3 Å². The fraction of sp³-hybridized carbons (Fsp3) is 0.133. The highest BCUT2D eigenvalue weighted by molar-refractivity contribution is 14.1. The normalized spacial score (nSPS) is 10.0. The van der Waals surface area contributed by atoms with Gasteiger partial charge in [-0.2, -0.15) is 0 Å². The Morgan fingerprint density at radius 3 is 2.58 bits per heavy atom. The maximum absolute atomic E-state index is 11.7. The van der Waals surface area contributed by atoms with E-state index in [1.807, 2.05) is 36.4 Å². The summed E-state index contributed by atoms with van der Waals surface area (Å²) < 4.78 is 11.4. The molecule has 0 bridgehead atoms. The van der Waals surface area contributed by atoms with Crippen molar-refractivity contribution in [2.24, 2.45) is 0 Å². The second-order valence-corrected chi connectivity index (χ2v) is 5.15. The van der Waals surface area contributed by atoms with Gasteiger partial charge in [-0.3, -0.25) is 0 Å². The van der Waals surface area contributed by atoms with Crippen molar-refractivity contribution in [2.75, 3.05) is 7.11 Å². The summed E-state index contributed by atoms with van der Waals surface area (Å²) in [7, 11) is 1.36. The smallest absolute Gasteiger partial charge is 0.341 e. The fourth-order valence-electron chi connectivity index (χ4n) is 1.63. The predicted octanol–water partition coefficient (Wildman–Crippen LogP) is 3.66. The Morgan fingerprint density at radius 1 is 1.16 bits per heavy atom. The number of hydrogen-bond donors (Lipinski definition) is 0. The second-order valence-electron chi connectivity index (χ2n) is 3.91. The third-order valence-electron chi connectivity index (χ3n) is 2.58. The number of esters is 1. The first-order valence-electron chi connectivity index (χ1n) is 5.75. The number of halogens is 1. The fourth-order valence-corrected chi connectivity index (χ4v) is 2.12. The zero-order valence-electron chi connectivity index (χ0n) is 10.4. The lowest BCUT2D eigenvalue weighted by molar-refractivity contribution is 0.0595. The summed E-state index contributed by atoms with van der Waals surface area (Å²) in [6, 6.07) is 15.3. The van der Waals surface area contributed by atoms with E-state index in [0.29, 0.717) is 17.9 Å². The molecule has 0 saturated heterocycles. The molecule has 0 aromatic heterocycles. The molecule has 4 heteroatoms. The van der Waals surface area contributed by atoms with E-state index in [9.17, 15) is 4.79 Å². The first kappa shape index (κ1) is 13.9. The summed E-state index contributed by atoms with van der Waals surface area (Å²) in [5.41, 5.74) is 1.50. The van der Waals surface area contributed by atoms with Crippen molar-refractivity contribution in [1.82, 2.24) is 0 Å². The van der Waals surface area contributed by atoms with E-state index < -0.39 is 0 Å². The molecule has 2 rings (SSSR count). The number of rotatable bonds is 4. The van der Waals surface area contributed by atoms with Crippen LogP contribution in [0.15, 0.2) is 48.5 Å². The summed E-state index contributed by atoms with van der Waals surface area (Å²) >= 11 is 2.15. The van der Waals surface area contributed by atoms with Crippen molar-refractivity contribution in [3.05, 3.63) is 63.2 Å². The lowest BCUT2D eigenvalue weighted by atomic mass is 10.2. The Hall–Kier alpha value is -1.56. The van der Waals surface area contributed by atoms with Crippen LogP contribution in [0.25, 0.3) is 0 Å². The molecular weight excluding hydrogens is 355 g/mol. The molecule has 0 heterocycles. The van der Waals surface area contributed by atoms with Crippen LogP contribution in [0.1, 0.15) is 15.9 Å². The van der Waals surface area contributed by atoms with Gasteiger partial charge < -0.3 is 9.47 Å². The van der Waals surface area contributed by atoms with Gasteiger partial charge in [0.05, 0.1) is 7.11 Å². The molecule has 0 saturated carbocycles. The number of hydrogen-bond acceptors (Lipinski definition) is 3. The van der Waals surface area contributed by atoms with Gasteiger partial charge in [0.25, 0.3) is 0 Å². The molecule has 0 aliphatic rings. The average molecular weight is 368 g/mol. The maximum Gasteiger partial charge on any atom is 0.341 e. The molecule has 0 aliphatic heterocycles. The number of methoxy groups -OCH3 is 1. The van der Waals surface area contributed by atoms with E-state index in [1.54, 1.807) is 12.1 Å². The topological polar surface area (TPSA) is 35.5 Å². The van der Waals surface area contributed by atoms with Gasteiger partial charge in [0.1, 0.15) is 17.9 Å². The Bertz CT molecular complexity index is 567. The molecule has 0 atom stereocenters. The third-order valence-corrected chi connectivity index (χ3v) is 3.26. The predicted molar refractivity (Wildman–Crippen MR) is 81.3 cm³/mol. The highest BCUT2D eigenvalue weighted by Crippen LogP contribution is 2.23. The molecule has 0 spiro atoms. The Balaban J connectivity index is 2.18. The van der Waals surface area contributed by atoms with Crippen LogP contribution in [0.3, 0.4) is 0 Å². The third kappa shape index (κ3) is 3.70. The molecule has 0 fully saturated rings. The zero-order chi connectivity index (χ0) is 13.7. The summed E-state index contributed by atoms with van der Waals surface area (Å²) in [5, 5.41) is 0. The summed E-state index contributed by atoms with van der Waals surface area (Å²) in [6.45, 7) is 0.422. The van der Waals surface area contributed by atoms with Crippen LogP contribution < -0.4 is 4.74 Å². The summed E-state index contributed by atoms with van der Waals surface area (Å²) in [5.74, 6) is 0.151. The highest BCUT2D eigenvalue weighted by Gasteiger charge is 2.13. The lowest BCUT2D eigenvalue weighted by Crippen LogP contribution is -2.06. The van der Waals surface area contributed by atoms with E-state index in [-0.39, 0.29) is 5.97 Å². The molecule has 0 N–H and O–H groups in total. The molecule has 3 nitrogen and oxygen atoms in total. The number of carbonyl (C=O) groups is 1. The molecule has 0 radical (unpaired) electrons. The van der Waals surface area contributed by atoms with E-state index in [4.69, 9.17) is 9.47 Å². The zero-order valence-corrected chi connectivity index (χ0v) is 12.6. The van der Waals surface area contributed by atoms with Gasteiger partial charge >= 0.3 is 5.97 Å². The number of benzene rings is 2. The second kappa shape index (κ2) is 6.56. The maximum atomic E-state index is 11.7. The Labute approximate surface area is 125 Å². The van der Waals surface area contributed by atoms with Gasteiger partial charge in [0.2, 0.25) is 0 Å². The molecule has 0 amide bonds. The Kier molecular flexibility index (Phi) is 4.79. The summed E-state index contributed by atoms with van der Waals surface area (Å²) in [6.07, 6.45) is 0. The van der Waals surface area contributed by atoms with Gasteiger partial charge in [0.15, 0.2) is 0 Å². The van der Waals surface area contributed by atoms with E-state index in [0.717, 1.165) is 9.13 Å². The van der Waals surface area contributed by atoms with Crippen LogP contribution in [0.4, 0.5) is 0 Å². The molecule has 2 aromatic carbocycles. The summed E-state index contributed by atoms with van der Waals surface area (Å²) in [4.78, 5) is 11.7.